The number of carbonyl (C=O) groups is 1. The van der Waals surface area contributed by atoms with Gasteiger partial charge in [-0.3, -0.25) is 4.79 Å². The summed E-state index contributed by atoms with van der Waals surface area (Å²) >= 11 is 1.35. The Bertz CT molecular complexity index is 295. The Morgan fingerprint density at radius 3 is 2.44 bits per heavy atom. The highest BCUT2D eigenvalue weighted by atomic mass is 32.2. The number of hydrogen-bond donors (Lipinski definition) is 0. The number of unbranched alkanes of at least 4 members (excludes halogenated alkanes) is 3. The summed E-state index contributed by atoms with van der Waals surface area (Å²) in [6, 6.07) is 10.6. The minimum absolute atomic E-state index is 0.322. The van der Waals surface area contributed by atoms with Crippen LogP contribution in [-0.4, -0.2) is 11.4 Å². The standard InChI is InChI=1S/C14H20OS/c1-16-14(15)12-8-3-2-5-9-13-10-6-4-7-11-13/h4,6-7,10-11H,2-3,5,8-9,12H2,1H3. The maximum Gasteiger partial charge on any atom is 0.188 e. The van der Waals surface area contributed by atoms with Crippen molar-refractivity contribution in [3.05, 3.63) is 35.9 Å². The second-order valence-corrected chi connectivity index (χ2v) is 4.84. The molecule has 0 N–H and O–H groups in total. The quantitative estimate of drug-likeness (QED) is 0.664. The van der Waals surface area contributed by atoms with Crippen LogP contribution >= 0.6 is 11.8 Å². The minimum Gasteiger partial charge on any atom is -0.287 e. The topological polar surface area (TPSA) is 17.1 Å². The highest BCUT2D eigenvalue weighted by molar-refractivity contribution is 8.13. The van der Waals surface area contributed by atoms with Gasteiger partial charge in [0, 0.05) is 6.42 Å². The van der Waals surface area contributed by atoms with Gasteiger partial charge in [-0.25, -0.2) is 0 Å². The fraction of sp³-hybridized carbons (Fsp3) is 0.500. The first kappa shape index (κ1) is 13.3. The number of thioether (sulfide) groups is 1. The van der Waals surface area contributed by atoms with Gasteiger partial charge in [-0.15, -0.1) is 0 Å². The normalized spacial score (nSPS) is 10.3. The van der Waals surface area contributed by atoms with E-state index < -0.39 is 0 Å². The molecule has 0 amide bonds. The van der Waals surface area contributed by atoms with Crippen molar-refractivity contribution in [2.45, 2.75) is 38.5 Å². The van der Waals surface area contributed by atoms with E-state index in [9.17, 15) is 4.79 Å². The molecule has 88 valence electrons. The number of carbonyl (C=O) groups excluding carboxylic acids is 1. The van der Waals surface area contributed by atoms with E-state index in [1.54, 1.807) is 0 Å². The number of rotatable bonds is 7. The molecule has 0 aliphatic heterocycles. The molecule has 1 nitrogen and oxygen atoms in total. The van der Waals surface area contributed by atoms with Crippen molar-refractivity contribution in [2.75, 3.05) is 6.26 Å². The Morgan fingerprint density at radius 2 is 1.75 bits per heavy atom. The Hall–Kier alpha value is -0.760. The molecule has 0 radical (unpaired) electrons. The Morgan fingerprint density at radius 1 is 1.06 bits per heavy atom. The van der Waals surface area contributed by atoms with Gasteiger partial charge in [-0.1, -0.05) is 54.9 Å². The molecule has 1 rings (SSSR count). The van der Waals surface area contributed by atoms with Crippen LogP contribution in [0.5, 0.6) is 0 Å². The molecular formula is C14H20OS. The van der Waals surface area contributed by atoms with E-state index in [-0.39, 0.29) is 0 Å². The summed E-state index contributed by atoms with van der Waals surface area (Å²) in [6.07, 6.45) is 8.46. The van der Waals surface area contributed by atoms with Crippen LogP contribution in [0.25, 0.3) is 0 Å². The highest BCUT2D eigenvalue weighted by Crippen LogP contribution is 2.10. The minimum atomic E-state index is 0.322. The second-order valence-electron chi connectivity index (χ2n) is 3.98. The molecular weight excluding hydrogens is 216 g/mol. The molecule has 0 aromatic heterocycles. The Labute approximate surface area is 103 Å². The van der Waals surface area contributed by atoms with E-state index in [2.05, 4.69) is 30.3 Å². The molecule has 2 heteroatoms. The van der Waals surface area contributed by atoms with Gasteiger partial charge in [-0.2, -0.15) is 0 Å². The molecule has 1 aromatic carbocycles. The lowest BCUT2D eigenvalue weighted by Crippen LogP contribution is -1.90. The van der Waals surface area contributed by atoms with Crippen LogP contribution < -0.4 is 0 Å². The molecule has 0 atom stereocenters. The van der Waals surface area contributed by atoms with Crippen molar-refractivity contribution >= 4 is 16.9 Å². The lowest BCUT2D eigenvalue weighted by atomic mass is 10.1. The van der Waals surface area contributed by atoms with E-state index in [4.69, 9.17) is 0 Å². The van der Waals surface area contributed by atoms with E-state index in [1.807, 2.05) is 6.26 Å². The van der Waals surface area contributed by atoms with Crippen LogP contribution in [0.1, 0.15) is 37.7 Å². The maximum atomic E-state index is 11.0. The van der Waals surface area contributed by atoms with Crippen molar-refractivity contribution in [1.29, 1.82) is 0 Å². The molecule has 0 spiro atoms. The van der Waals surface area contributed by atoms with Crippen molar-refractivity contribution in [2.24, 2.45) is 0 Å². The zero-order valence-electron chi connectivity index (χ0n) is 9.95. The monoisotopic (exact) mass is 236 g/mol. The van der Waals surface area contributed by atoms with Crippen LogP contribution in [0.3, 0.4) is 0 Å². The molecule has 0 unspecified atom stereocenters. The van der Waals surface area contributed by atoms with Crippen molar-refractivity contribution in [1.82, 2.24) is 0 Å². The zero-order valence-corrected chi connectivity index (χ0v) is 10.8. The van der Waals surface area contributed by atoms with Gasteiger partial charge in [0.1, 0.15) is 0 Å². The maximum absolute atomic E-state index is 11.0. The van der Waals surface area contributed by atoms with Crippen LogP contribution in [0.2, 0.25) is 0 Å². The van der Waals surface area contributed by atoms with Crippen LogP contribution in [0.4, 0.5) is 0 Å². The molecule has 16 heavy (non-hydrogen) atoms. The number of hydrogen-bond acceptors (Lipinski definition) is 2. The molecule has 0 aliphatic rings. The SMILES string of the molecule is CSC(=O)CCCCCCc1ccccc1. The first-order valence-corrected chi connectivity index (χ1v) is 7.16. The summed E-state index contributed by atoms with van der Waals surface area (Å²) in [7, 11) is 0. The van der Waals surface area contributed by atoms with Gasteiger partial charge in [-0.05, 0) is 31.1 Å². The van der Waals surface area contributed by atoms with Crippen molar-refractivity contribution < 1.29 is 4.79 Å². The van der Waals surface area contributed by atoms with Crippen LogP contribution in [-0.2, 0) is 11.2 Å². The van der Waals surface area contributed by atoms with Gasteiger partial charge in [0.2, 0.25) is 0 Å². The number of benzene rings is 1. The smallest absolute Gasteiger partial charge is 0.188 e. The summed E-state index contributed by atoms with van der Waals surface area (Å²) < 4.78 is 0. The van der Waals surface area contributed by atoms with Gasteiger partial charge >= 0.3 is 0 Å². The summed E-state index contributed by atoms with van der Waals surface area (Å²) in [6.45, 7) is 0. The Kier molecular flexibility index (Phi) is 6.98. The van der Waals surface area contributed by atoms with Crippen LogP contribution in [0.15, 0.2) is 30.3 Å². The number of aryl methyl sites for hydroxylation is 1. The van der Waals surface area contributed by atoms with E-state index in [1.165, 1.54) is 36.6 Å². The third-order valence-electron chi connectivity index (χ3n) is 2.67. The lowest BCUT2D eigenvalue weighted by molar-refractivity contribution is -0.111. The van der Waals surface area contributed by atoms with E-state index in [0.29, 0.717) is 5.12 Å². The molecule has 0 saturated carbocycles. The third kappa shape index (κ3) is 5.96. The van der Waals surface area contributed by atoms with Crippen molar-refractivity contribution in [3.8, 4) is 0 Å². The van der Waals surface area contributed by atoms with Gasteiger partial charge in [0.15, 0.2) is 5.12 Å². The first-order chi connectivity index (χ1) is 7.83. The summed E-state index contributed by atoms with van der Waals surface area (Å²) in [4.78, 5) is 11.0. The molecule has 0 heterocycles. The summed E-state index contributed by atoms with van der Waals surface area (Å²) in [5, 5.41) is 0.322. The predicted molar refractivity (Wildman–Crippen MR) is 71.8 cm³/mol. The first-order valence-electron chi connectivity index (χ1n) is 5.93. The fourth-order valence-corrected chi connectivity index (χ4v) is 2.05. The molecule has 0 saturated heterocycles. The van der Waals surface area contributed by atoms with Gasteiger partial charge in [0.25, 0.3) is 0 Å². The van der Waals surface area contributed by atoms with Crippen LogP contribution in [0, 0.1) is 0 Å². The van der Waals surface area contributed by atoms with E-state index in [0.717, 1.165) is 19.3 Å². The zero-order chi connectivity index (χ0) is 11.6. The fourth-order valence-electron chi connectivity index (χ4n) is 1.70. The summed E-state index contributed by atoms with van der Waals surface area (Å²) in [5.74, 6) is 0. The molecule has 0 fully saturated rings. The summed E-state index contributed by atoms with van der Waals surface area (Å²) in [5.41, 5.74) is 1.42. The molecule has 0 aliphatic carbocycles. The Balaban J connectivity index is 1.98. The van der Waals surface area contributed by atoms with Gasteiger partial charge in [0.05, 0.1) is 0 Å². The largest absolute Gasteiger partial charge is 0.287 e. The lowest BCUT2D eigenvalue weighted by Gasteiger charge is -2.01. The average molecular weight is 236 g/mol. The van der Waals surface area contributed by atoms with Gasteiger partial charge < -0.3 is 0 Å². The second kappa shape index (κ2) is 8.40. The third-order valence-corrected chi connectivity index (χ3v) is 3.33. The predicted octanol–water partition coefficient (Wildman–Crippen LogP) is 4.07. The highest BCUT2D eigenvalue weighted by Gasteiger charge is 1.98. The molecule has 0 bridgehead atoms. The van der Waals surface area contributed by atoms with E-state index >= 15 is 0 Å². The van der Waals surface area contributed by atoms with Crippen molar-refractivity contribution in [3.63, 3.8) is 0 Å². The molecule has 1 aromatic rings. The average Bonchev–Trinajstić information content (AvgIpc) is 2.34.